The maximum atomic E-state index is 13.8. The molecule has 31 heavy (non-hydrogen) atoms. The largest absolute Gasteiger partial charge is 0.462 e. The van der Waals surface area contributed by atoms with Crippen LogP contribution in [0.5, 0.6) is 0 Å². The van der Waals surface area contributed by atoms with Gasteiger partial charge < -0.3 is 4.74 Å². The smallest absolute Gasteiger partial charge is 0.343 e. The number of carbonyl (C=O) groups excluding carboxylic acids is 2. The van der Waals surface area contributed by atoms with Gasteiger partial charge in [-0.25, -0.2) is 18.3 Å². The molecule has 1 aliphatic carbocycles. The van der Waals surface area contributed by atoms with E-state index in [0.717, 1.165) is 37.8 Å². The Morgan fingerprint density at radius 1 is 1.19 bits per heavy atom. The van der Waals surface area contributed by atoms with Crippen molar-refractivity contribution in [3.8, 4) is 5.69 Å². The van der Waals surface area contributed by atoms with Gasteiger partial charge in [-0.05, 0) is 64.5 Å². The summed E-state index contributed by atoms with van der Waals surface area (Å²) in [6.45, 7) is 7.74. The second-order valence-electron chi connectivity index (χ2n) is 8.39. The van der Waals surface area contributed by atoms with Crippen LogP contribution in [-0.4, -0.2) is 34.3 Å². The summed E-state index contributed by atoms with van der Waals surface area (Å²) in [6, 6.07) is 3.08. The van der Waals surface area contributed by atoms with Crippen molar-refractivity contribution >= 4 is 17.7 Å². The highest BCUT2D eigenvalue weighted by Crippen LogP contribution is 2.33. The molecule has 0 saturated heterocycles. The summed E-state index contributed by atoms with van der Waals surface area (Å²) in [5.74, 6) is -2.08. The number of halogens is 2. The van der Waals surface area contributed by atoms with Crippen molar-refractivity contribution in [2.24, 2.45) is 11.8 Å². The summed E-state index contributed by atoms with van der Waals surface area (Å²) in [6.07, 6.45) is 4.95. The first kappa shape index (κ1) is 22.9. The van der Waals surface area contributed by atoms with Crippen LogP contribution >= 0.6 is 0 Å². The number of aromatic nitrogens is 2. The number of hydrogen-bond acceptors (Lipinski definition) is 4. The first-order valence-corrected chi connectivity index (χ1v) is 10.8. The minimum atomic E-state index is -1.03. The van der Waals surface area contributed by atoms with Crippen LogP contribution in [0.25, 0.3) is 5.69 Å². The zero-order valence-corrected chi connectivity index (χ0v) is 18.4. The topological polar surface area (TPSA) is 64.4 Å². The van der Waals surface area contributed by atoms with Gasteiger partial charge in [-0.3, -0.25) is 9.69 Å². The second kappa shape index (κ2) is 9.58. The highest BCUT2D eigenvalue weighted by atomic mass is 19.2. The minimum absolute atomic E-state index is 0.0806. The molecule has 1 saturated carbocycles. The van der Waals surface area contributed by atoms with Crippen LogP contribution in [0.4, 0.5) is 14.6 Å². The molecule has 8 heteroatoms. The molecule has 1 amide bonds. The molecule has 0 bridgehead atoms. The van der Waals surface area contributed by atoms with E-state index in [2.05, 4.69) is 12.0 Å². The van der Waals surface area contributed by atoms with Crippen LogP contribution in [-0.2, 0) is 9.53 Å². The number of anilines is 1. The Morgan fingerprint density at radius 3 is 2.45 bits per heavy atom. The molecule has 0 aliphatic heterocycles. The molecule has 1 aliphatic rings. The Hall–Kier alpha value is -2.77. The Labute approximate surface area is 181 Å². The maximum Gasteiger partial charge on any atom is 0.343 e. The standard InChI is InChI=1S/C23H29F2N3O3/c1-5-31-23(30)18-13-27(17-10-11-19(24)20(25)12-17)26-21(18)28(14(2)3)22(29)16-8-6-15(4)7-9-16/h10-16H,5-9H2,1-4H3/t15-,16-. The minimum Gasteiger partial charge on any atom is -0.462 e. The summed E-state index contributed by atoms with van der Waals surface area (Å²) in [5.41, 5.74) is 0.344. The zero-order valence-electron chi connectivity index (χ0n) is 18.4. The van der Waals surface area contributed by atoms with E-state index >= 15 is 0 Å². The second-order valence-corrected chi connectivity index (χ2v) is 8.39. The maximum absolute atomic E-state index is 13.8. The molecular formula is C23H29F2N3O3. The predicted molar refractivity (Wildman–Crippen MR) is 113 cm³/mol. The molecule has 1 heterocycles. The summed E-state index contributed by atoms with van der Waals surface area (Å²) in [7, 11) is 0. The van der Waals surface area contributed by atoms with Gasteiger partial charge in [0.15, 0.2) is 17.5 Å². The number of amides is 1. The predicted octanol–water partition coefficient (Wildman–Crippen LogP) is 4.89. The van der Waals surface area contributed by atoms with Crippen molar-refractivity contribution in [1.29, 1.82) is 0 Å². The molecule has 0 atom stereocenters. The fraction of sp³-hybridized carbons (Fsp3) is 0.522. The quantitative estimate of drug-likeness (QED) is 0.608. The van der Waals surface area contributed by atoms with Crippen molar-refractivity contribution in [3.05, 3.63) is 41.6 Å². The van der Waals surface area contributed by atoms with Gasteiger partial charge in [-0.15, -0.1) is 5.10 Å². The van der Waals surface area contributed by atoms with Gasteiger partial charge in [0.1, 0.15) is 5.56 Å². The lowest BCUT2D eigenvalue weighted by Gasteiger charge is -2.32. The van der Waals surface area contributed by atoms with E-state index in [4.69, 9.17) is 4.74 Å². The average Bonchev–Trinajstić information content (AvgIpc) is 3.15. The van der Waals surface area contributed by atoms with Crippen molar-refractivity contribution in [2.75, 3.05) is 11.5 Å². The molecule has 0 unspecified atom stereocenters. The van der Waals surface area contributed by atoms with E-state index < -0.39 is 17.6 Å². The highest BCUT2D eigenvalue weighted by molar-refractivity contribution is 6.02. The first-order valence-electron chi connectivity index (χ1n) is 10.8. The molecule has 0 N–H and O–H groups in total. The zero-order chi connectivity index (χ0) is 22.7. The van der Waals surface area contributed by atoms with Crippen LogP contribution in [0.1, 0.15) is 63.7 Å². The van der Waals surface area contributed by atoms with Crippen molar-refractivity contribution in [2.45, 2.75) is 59.4 Å². The monoisotopic (exact) mass is 433 g/mol. The van der Waals surface area contributed by atoms with E-state index in [9.17, 15) is 18.4 Å². The van der Waals surface area contributed by atoms with Crippen molar-refractivity contribution in [3.63, 3.8) is 0 Å². The average molecular weight is 433 g/mol. The van der Waals surface area contributed by atoms with Crippen LogP contribution in [0.2, 0.25) is 0 Å². The number of esters is 1. The number of rotatable bonds is 6. The van der Waals surface area contributed by atoms with Gasteiger partial charge in [0.25, 0.3) is 0 Å². The molecule has 3 rings (SSSR count). The molecule has 0 radical (unpaired) electrons. The van der Waals surface area contributed by atoms with E-state index in [1.807, 2.05) is 13.8 Å². The van der Waals surface area contributed by atoms with Gasteiger partial charge in [-0.1, -0.05) is 6.92 Å². The number of carbonyl (C=O) groups is 2. The Morgan fingerprint density at radius 2 is 1.87 bits per heavy atom. The Kier molecular flexibility index (Phi) is 7.08. The van der Waals surface area contributed by atoms with E-state index in [1.165, 1.54) is 21.8 Å². The van der Waals surface area contributed by atoms with Crippen LogP contribution in [0, 0.1) is 23.5 Å². The number of ether oxygens (including phenoxy) is 1. The molecule has 0 spiro atoms. The molecular weight excluding hydrogens is 404 g/mol. The molecule has 1 aromatic carbocycles. The van der Waals surface area contributed by atoms with Crippen LogP contribution < -0.4 is 4.90 Å². The summed E-state index contributed by atoms with van der Waals surface area (Å²) < 4.78 is 33.6. The molecule has 2 aromatic rings. The van der Waals surface area contributed by atoms with Gasteiger partial charge in [0.2, 0.25) is 5.91 Å². The number of nitrogens with zero attached hydrogens (tertiary/aromatic N) is 3. The highest BCUT2D eigenvalue weighted by Gasteiger charge is 2.34. The Bertz CT molecular complexity index is 950. The Balaban J connectivity index is 2.04. The SMILES string of the molecule is CCOC(=O)c1cn(-c2ccc(F)c(F)c2)nc1N(C(=O)[C@H]1CC[C@H](C)CC1)C(C)C. The molecule has 1 fully saturated rings. The van der Waals surface area contributed by atoms with E-state index in [0.29, 0.717) is 5.92 Å². The normalized spacial score (nSPS) is 18.8. The van der Waals surface area contributed by atoms with Gasteiger partial charge >= 0.3 is 5.97 Å². The lowest BCUT2D eigenvalue weighted by Crippen LogP contribution is -2.43. The number of benzene rings is 1. The third-order valence-corrected chi connectivity index (χ3v) is 5.70. The van der Waals surface area contributed by atoms with E-state index in [-0.39, 0.29) is 41.5 Å². The lowest BCUT2D eigenvalue weighted by atomic mass is 9.82. The molecule has 1 aromatic heterocycles. The fourth-order valence-corrected chi connectivity index (χ4v) is 3.96. The summed E-state index contributed by atoms with van der Waals surface area (Å²) in [5, 5.41) is 4.44. The third kappa shape index (κ3) is 4.94. The van der Waals surface area contributed by atoms with Gasteiger partial charge in [-0.2, -0.15) is 0 Å². The molecule has 6 nitrogen and oxygen atoms in total. The van der Waals surface area contributed by atoms with Crippen molar-refractivity contribution < 1.29 is 23.1 Å². The van der Waals surface area contributed by atoms with Gasteiger partial charge in [0, 0.05) is 24.2 Å². The van der Waals surface area contributed by atoms with Gasteiger partial charge in [0.05, 0.1) is 12.3 Å². The molecule has 168 valence electrons. The summed E-state index contributed by atoms with van der Waals surface area (Å²) in [4.78, 5) is 27.6. The van der Waals surface area contributed by atoms with E-state index in [1.54, 1.807) is 6.92 Å². The van der Waals surface area contributed by atoms with Crippen molar-refractivity contribution in [1.82, 2.24) is 9.78 Å². The van der Waals surface area contributed by atoms with Crippen LogP contribution in [0.3, 0.4) is 0 Å². The lowest BCUT2D eigenvalue weighted by molar-refractivity contribution is -0.124. The fourth-order valence-electron chi connectivity index (χ4n) is 3.96. The third-order valence-electron chi connectivity index (χ3n) is 5.70. The first-order chi connectivity index (χ1) is 14.7. The van der Waals surface area contributed by atoms with Crippen LogP contribution in [0.15, 0.2) is 24.4 Å². The number of hydrogen-bond donors (Lipinski definition) is 0. The summed E-state index contributed by atoms with van der Waals surface area (Å²) >= 11 is 0.